The maximum atomic E-state index is 14.2. The van der Waals surface area contributed by atoms with Crippen LogP contribution in [0.3, 0.4) is 0 Å². The van der Waals surface area contributed by atoms with Crippen LogP contribution in [0.5, 0.6) is 0 Å². The van der Waals surface area contributed by atoms with E-state index >= 15 is 0 Å². The molecule has 4 bridgehead atoms. The average molecular weight is 519 g/mol. The summed E-state index contributed by atoms with van der Waals surface area (Å²) in [4.78, 5) is 22.0. The van der Waals surface area contributed by atoms with Crippen molar-refractivity contribution in [1.82, 2.24) is 19.4 Å². The van der Waals surface area contributed by atoms with Gasteiger partial charge in [0, 0.05) is 67.3 Å². The lowest BCUT2D eigenvalue weighted by molar-refractivity contribution is 0.0737. The number of halogens is 1. The summed E-state index contributed by atoms with van der Waals surface area (Å²) in [7, 11) is 2.14. The van der Waals surface area contributed by atoms with E-state index in [9.17, 15) is 9.18 Å². The van der Waals surface area contributed by atoms with Gasteiger partial charge in [0.2, 0.25) is 0 Å². The first kappa shape index (κ1) is 25.0. The molecule has 0 N–H and O–H groups in total. The molecule has 39 heavy (non-hydrogen) atoms. The third-order valence-electron chi connectivity index (χ3n) is 7.49. The Bertz CT molecular complexity index is 1630. The van der Waals surface area contributed by atoms with E-state index in [1.807, 2.05) is 11.0 Å². The van der Waals surface area contributed by atoms with E-state index in [2.05, 4.69) is 76.1 Å². The van der Waals surface area contributed by atoms with Gasteiger partial charge in [0.25, 0.3) is 5.91 Å². The Kier molecular flexibility index (Phi) is 6.95. The summed E-state index contributed by atoms with van der Waals surface area (Å²) < 4.78 is 16.4. The van der Waals surface area contributed by atoms with Crippen molar-refractivity contribution in [2.24, 2.45) is 0 Å². The predicted molar refractivity (Wildman–Crippen MR) is 153 cm³/mol. The zero-order valence-corrected chi connectivity index (χ0v) is 22.1. The van der Waals surface area contributed by atoms with Crippen molar-refractivity contribution in [2.75, 3.05) is 20.1 Å². The summed E-state index contributed by atoms with van der Waals surface area (Å²) in [6.45, 7) is 3.34. The summed E-state index contributed by atoms with van der Waals surface area (Å²) in [5, 5.41) is 0.854. The molecule has 0 fully saturated rings. The highest BCUT2D eigenvalue weighted by Crippen LogP contribution is 2.30. The fourth-order valence-corrected chi connectivity index (χ4v) is 5.52. The van der Waals surface area contributed by atoms with Gasteiger partial charge < -0.3 is 14.4 Å². The molecule has 0 unspecified atom stereocenters. The van der Waals surface area contributed by atoms with Gasteiger partial charge in [-0.2, -0.15) is 0 Å². The molecule has 1 aliphatic heterocycles. The number of amides is 1. The Labute approximate surface area is 228 Å². The quantitative estimate of drug-likeness (QED) is 0.266. The van der Waals surface area contributed by atoms with Gasteiger partial charge in [-0.25, -0.2) is 4.39 Å². The number of hydrogen-bond acceptors (Lipinski definition) is 3. The Hall–Kier alpha value is -4.29. The first-order chi connectivity index (χ1) is 19.0. The van der Waals surface area contributed by atoms with E-state index in [0.29, 0.717) is 25.2 Å². The van der Waals surface area contributed by atoms with Gasteiger partial charge in [-0.05, 0) is 78.2 Å². The van der Waals surface area contributed by atoms with E-state index in [4.69, 9.17) is 0 Å². The highest BCUT2D eigenvalue weighted by Gasteiger charge is 2.19. The second-order valence-corrected chi connectivity index (χ2v) is 10.4. The third kappa shape index (κ3) is 5.47. The predicted octanol–water partition coefficient (Wildman–Crippen LogP) is 6.17. The molecule has 1 amide bonds. The van der Waals surface area contributed by atoms with Crippen molar-refractivity contribution in [1.29, 1.82) is 0 Å². The van der Waals surface area contributed by atoms with E-state index in [-0.39, 0.29) is 11.7 Å². The molecule has 3 heterocycles. The van der Waals surface area contributed by atoms with Gasteiger partial charge in [0.15, 0.2) is 0 Å². The SMILES string of the molecule is CN1CCc2cccc(c2)-c2cc3cc(F)ccc3n2CCN(C(=O)c2ccncc2)Cc2cccc(c2)C1. The van der Waals surface area contributed by atoms with Gasteiger partial charge >= 0.3 is 0 Å². The Balaban J connectivity index is 1.46. The lowest BCUT2D eigenvalue weighted by atomic mass is 10.0. The third-order valence-corrected chi connectivity index (χ3v) is 7.49. The minimum absolute atomic E-state index is 0.0351. The van der Waals surface area contributed by atoms with Crippen LogP contribution in [0.1, 0.15) is 27.0 Å². The highest BCUT2D eigenvalue weighted by molar-refractivity contribution is 5.94. The maximum Gasteiger partial charge on any atom is 0.254 e. The van der Waals surface area contributed by atoms with Crippen molar-refractivity contribution in [3.8, 4) is 11.3 Å². The maximum absolute atomic E-state index is 14.2. The van der Waals surface area contributed by atoms with E-state index < -0.39 is 0 Å². The second kappa shape index (κ2) is 10.8. The summed E-state index contributed by atoms with van der Waals surface area (Å²) in [6.07, 6.45) is 4.24. The minimum Gasteiger partial charge on any atom is -0.339 e. The normalized spacial score (nSPS) is 14.8. The monoisotopic (exact) mass is 518 g/mol. The van der Waals surface area contributed by atoms with Crippen LogP contribution < -0.4 is 0 Å². The number of pyridine rings is 1. The zero-order chi connectivity index (χ0) is 26.8. The minimum atomic E-state index is -0.254. The number of likely N-dealkylation sites (N-methyl/N-ethyl adjacent to an activating group) is 1. The standard InChI is InChI=1S/C33H31FN4O/c1-36-15-12-24-4-3-7-28(19-24)32-21-29-20-30(34)8-9-31(29)38(32)17-16-37(33(39)27-10-13-35-14-11-27)23-26-6-2-5-25(18-26)22-36/h2-11,13-14,18-21H,12,15-17,22-23H2,1H3. The van der Waals surface area contributed by atoms with Gasteiger partial charge in [-0.15, -0.1) is 0 Å². The zero-order valence-electron chi connectivity index (χ0n) is 22.1. The van der Waals surface area contributed by atoms with Crippen LogP contribution >= 0.6 is 0 Å². The lowest BCUT2D eigenvalue weighted by Gasteiger charge is -2.25. The molecule has 6 rings (SSSR count). The second-order valence-electron chi connectivity index (χ2n) is 10.4. The van der Waals surface area contributed by atoms with Gasteiger partial charge in [-0.3, -0.25) is 9.78 Å². The number of hydrogen-bond donors (Lipinski definition) is 0. The van der Waals surface area contributed by atoms with Crippen molar-refractivity contribution < 1.29 is 9.18 Å². The van der Waals surface area contributed by atoms with Crippen LogP contribution in [0.4, 0.5) is 4.39 Å². The molecule has 0 radical (unpaired) electrons. The van der Waals surface area contributed by atoms with Gasteiger partial charge in [0.05, 0.1) is 0 Å². The number of rotatable bonds is 1. The lowest BCUT2D eigenvalue weighted by Crippen LogP contribution is -2.33. The van der Waals surface area contributed by atoms with Crippen molar-refractivity contribution in [3.05, 3.63) is 125 Å². The average Bonchev–Trinajstić information content (AvgIpc) is 3.31. The van der Waals surface area contributed by atoms with Gasteiger partial charge in [-0.1, -0.05) is 42.5 Å². The molecule has 0 saturated carbocycles. The van der Waals surface area contributed by atoms with Crippen LogP contribution in [-0.2, 0) is 26.1 Å². The van der Waals surface area contributed by atoms with Crippen LogP contribution in [0, 0.1) is 5.82 Å². The Morgan fingerprint density at radius 1 is 0.795 bits per heavy atom. The first-order valence-electron chi connectivity index (χ1n) is 13.4. The van der Waals surface area contributed by atoms with Crippen molar-refractivity contribution in [2.45, 2.75) is 26.1 Å². The summed E-state index contributed by atoms with van der Waals surface area (Å²) in [6, 6.07) is 27.6. The smallest absolute Gasteiger partial charge is 0.254 e. The summed E-state index contributed by atoms with van der Waals surface area (Å²) in [5.74, 6) is -0.289. The van der Waals surface area contributed by atoms with Crippen molar-refractivity contribution >= 4 is 16.8 Å². The molecule has 0 spiro atoms. The molecule has 5 nitrogen and oxygen atoms in total. The van der Waals surface area contributed by atoms with E-state index in [0.717, 1.165) is 47.2 Å². The molecule has 1 aliphatic rings. The number of benzene rings is 3. The Morgan fingerprint density at radius 3 is 2.41 bits per heavy atom. The molecule has 5 aromatic rings. The highest BCUT2D eigenvalue weighted by atomic mass is 19.1. The number of aromatic nitrogens is 2. The largest absolute Gasteiger partial charge is 0.339 e. The van der Waals surface area contributed by atoms with E-state index in [1.54, 1.807) is 30.6 Å². The fourth-order valence-electron chi connectivity index (χ4n) is 5.52. The van der Waals surface area contributed by atoms with Gasteiger partial charge in [0.1, 0.15) is 5.82 Å². The molecule has 0 saturated heterocycles. The topological polar surface area (TPSA) is 41.4 Å². The summed E-state index contributed by atoms with van der Waals surface area (Å²) in [5.41, 5.74) is 7.27. The van der Waals surface area contributed by atoms with Crippen LogP contribution in [0.2, 0.25) is 0 Å². The molecule has 6 heteroatoms. The number of nitrogens with zero attached hydrogens (tertiary/aromatic N) is 4. The Morgan fingerprint density at radius 2 is 1.56 bits per heavy atom. The van der Waals surface area contributed by atoms with Crippen LogP contribution in [0.15, 0.2) is 97.3 Å². The molecular formula is C33H31FN4O. The van der Waals surface area contributed by atoms with Crippen LogP contribution in [-0.4, -0.2) is 45.4 Å². The molecule has 196 valence electrons. The molecule has 2 aromatic heterocycles. The van der Waals surface area contributed by atoms with Crippen LogP contribution in [0.25, 0.3) is 22.2 Å². The van der Waals surface area contributed by atoms with Crippen molar-refractivity contribution in [3.63, 3.8) is 0 Å². The molecule has 0 aliphatic carbocycles. The molecular weight excluding hydrogens is 487 g/mol. The fraction of sp³-hybridized carbons (Fsp3) is 0.212. The molecule has 3 aromatic carbocycles. The number of carbonyl (C=O) groups is 1. The number of fused-ring (bicyclic) bond motifs is 8. The first-order valence-corrected chi connectivity index (χ1v) is 13.4. The number of carbonyl (C=O) groups excluding carboxylic acids is 1. The summed E-state index contributed by atoms with van der Waals surface area (Å²) >= 11 is 0. The van der Waals surface area contributed by atoms with E-state index in [1.165, 1.54) is 17.2 Å². The molecule has 0 atom stereocenters.